The number of phenols is 2. The topological polar surface area (TPSA) is 95.6 Å². The molecule has 0 radical (unpaired) electrons. The number of phenolic OH excluding ortho intramolecular Hbond substituents is 2. The Bertz CT molecular complexity index is 391. The molecule has 5 N–H and O–H groups in total. The Morgan fingerprint density at radius 3 is 2.82 bits per heavy atom. The fraction of sp³-hybridized carbons (Fsp3) is 0.417. The number of carbonyl (C=O) groups is 1. The van der Waals surface area contributed by atoms with E-state index in [-0.39, 0.29) is 17.4 Å². The van der Waals surface area contributed by atoms with Gasteiger partial charge in [0.15, 0.2) is 11.5 Å². The fourth-order valence-corrected chi connectivity index (χ4v) is 1.44. The highest BCUT2D eigenvalue weighted by molar-refractivity contribution is 5.97. The van der Waals surface area contributed by atoms with Gasteiger partial charge >= 0.3 is 0 Å². The lowest BCUT2D eigenvalue weighted by Gasteiger charge is -2.08. The van der Waals surface area contributed by atoms with Gasteiger partial charge in [0, 0.05) is 12.6 Å². The molecule has 0 saturated heterocycles. The van der Waals surface area contributed by atoms with Crippen LogP contribution in [0.2, 0.25) is 0 Å². The van der Waals surface area contributed by atoms with E-state index in [0.29, 0.717) is 6.54 Å². The van der Waals surface area contributed by atoms with Crippen LogP contribution in [0, 0.1) is 0 Å². The quantitative estimate of drug-likeness (QED) is 0.454. The Morgan fingerprint density at radius 2 is 2.18 bits per heavy atom. The maximum atomic E-state index is 11.6. The van der Waals surface area contributed by atoms with Gasteiger partial charge in [-0.25, -0.2) is 0 Å². The van der Waals surface area contributed by atoms with Crippen molar-refractivity contribution in [1.29, 1.82) is 0 Å². The van der Waals surface area contributed by atoms with Crippen LogP contribution in [0.3, 0.4) is 0 Å². The minimum absolute atomic E-state index is 0.0748. The Labute approximate surface area is 100 Å². The summed E-state index contributed by atoms with van der Waals surface area (Å²) in [7, 11) is 0. The van der Waals surface area contributed by atoms with E-state index in [9.17, 15) is 15.0 Å². The molecule has 0 aliphatic rings. The van der Waals surface area contributed by atoms with Gasteiger partial charge in [-0.15, -0.1) is 0 Å². The Kier molecular flexibility index (Phi) is 4.78. The van der Waals surface area contributed by atoms with Gasteiger partial charge in [-0.1, -0.05) is 6.07 Å². The van der Waals surface area contributed by atoms with Crippen LogP contribution in [-0.4, -0.2) is 28.7 Å². The molecule has 0 aromatic heterocycles. The number of hydrogen-bond donors (Lipinski definition) is 4. The SMILES string of the molecule is CC(N)CCCNC(=O)c1cccc(O)c1O. The van der Waals surface area contributed by atoms with Crippen molar-refractivity contribution in [2.24, 2.45) is 5.73 Å². The lowest BCUT2D eigenvalue weighted by molar-refractivity contribution is 0.0949. The van der Waals surface area contributed by atoms with Gasteiger partial charge in [-0.3, -0.25) is 4.79 Å². The summed E-state index contributed by atoms with van der Waals surface area (Å²) >= 11 is 0. The van der Waals surface area contributed by atoms with Crippen LogP contribution >= 0.6 is 0 Å². The van der Waals surface area contributed by atoms with Gasteiger partial charge in [-0.2, -0.15) is 0 Å². The highest BCUT2D eigenvalue weighted by Gasteiger charge is 2.12. The average molecular weight is 238 g/mol. The van der Waals surface area contributed by atoms with Crippen LogP contribution in [-0.2, 0) is 0 Å². The third-order valence-electron chi connectivity index (χ3n) is 2.38. The molecule has 1 atom stereocenters. The maximum Gasteiger partial charge on any atom is 0.255 e. The molecule has 5 nitrogen and oxygen atoms in total. The minimum atomic E-state index is -0.400. The number of amides is 1. The molecule has 0 aliphatic carbocycles. The highest BCUT2D eigenvalue weighted by atomic mass is 16.3. The van der Waals surface area contributed by atoms with Crippen molar-refractivity contribution in [3.05, 3.63) is 23.8 Å². The second kappa shape index (κ2) is 6.10. The van der Waals surface area contributed by atoms with E-state index >= 15 is 0 Å². The lowest BCUT2D eigenvalue weighted by atomic mass is 10.1. The largest absolute Gasteiger partial charge is 0.504 e. The number of rotatable bonds is 5. The van der Waals surface area contributed by atoms with Crippen molar-refractivity contribution in [3.63, 3.8) is 0 Å². The number of nitrogens with one attached hydrogen (secondary N) is 1. The number of carbonyl (C=O) groups excluding carboxylic acids is 1. The molecule has 0 aliphatic heterocycles. The summed E-state index contributed by atoms with van der Waals surface area (Å²) < 4.78 is 0. The average Bonchev–Trinajstić information content (AvgIpc) is 2.27. The van der Waals surface area contributed by atoms with Crippen molar-refractivity contribution in [2.45, 2.75) is 25.8 Å². The normalized spacial score (nSPS) is 12.1. The van der Waals surface area contributed by atoms with E-state index in [2.05, 4.69) is 5.32 Å². The second-order valence-corrected chi connectivity index (χ2v) is 4.05. The summed E-state index contributed by atoms with van der Waals surface area (Å²) in [5.41, 5.74) is 5.65. The fourth-order valence-electron chi connectivity index (χ4n) is 1.44. The van der Waals surface area contributed by atoms with E-state index in [1.165, 1.54) is 18.2 Å². The van der Waals surface area contributed by atoms with Crippen LogP contribution in [0.25, 0.3) is 0 Å². The molecular formula is C12H18N2O3. The van der Waals surface area contributed by atoms with Crippen LogP contribution in [0.1, 0.15) is 30.1 Å². The van der Waals surface area contributed by atoms with Gasteiger partial charge in [0.2, 0.25) is 0 Å². The highest BCUT2D eigenvalue weighted by Crippen LogP contribution is 2.27. The summed E-state index contributed by atoms with van der Waals surface area (Å²) in [5.74, 6) is -1.09. The molecule has 1 aromatic rings. The van der Waals surface area contributed by atoms with Crippen LogP contribution in [0.5, 0.6) is 11.5 Å². The molecule has 0 fully saturated rings. The van der Waals surface area contributed by atoms with Gasteiger partial charge < -0.3 is 21.3 Å². The zero-order valence-electron chi connectivity index (χ0n) is 9.81. The van der Waals surface area contributed by atoms with E-state index in [0.717, 1.165) is 12.8 Å². The first-order valence-corrected chi connectivity index (χ1v) is 5.57. The number of benzene rings is 1. The molecule has 94 valence electrons. The van der Waals surface area contributed by atoms with Crippen molar-refractivity contribution in [3.8, 4) is 11.5 Å². The first kappa shape index (κ1) is 13.3. The minimum Gasteiger partial charge on any atom is -0.504 e. The molecule has 0 heterocycles. The molecule has 0 saturated carbocycles. The van der Waals surface area contributed by atoms with Crippen molar-refractivity contribution in [2.75, 3.05) is 6.54 Å². The smallest absolute Gasteiger partial charge is 0.255 e. The van der Waals surface area contributed by atoms with Crippen LogP contribution in [0.4, 0.5) is 0 Å². The maximum absolute atomic E-state index is 11.6. The Balaban J connectivity index is 2.50. The summed E-state index contributed by atoms with van der Waals surface area (Å²) in [6, 6.07) is 4.39. The van der Waals surface area contributed by atoms with Crippen LogP contribution in [0.15, 0.2) is 18.2 Å². The second-order valence-electron chi connectivity index (χ2n) is 4.05. The summed E-state index contributed by atoms with van der Waals surface area (Å²) in [6.45, 7) is 2.40. The third kappa shape index (κ3) is 3.96. The number of aromatic hydroxyl groups is 2. The summed E-state index contributed by atoms with van der Waals surface area (Å²) in [4.78, 5) is 11.6. The number of hydrogen-bond acceptors (Lipinski definition) is 4. The van der Waals surface area contributed by atoms with Crippen molar-refractivity contribution in [1.82, 2.24) is 5.32 Å². The molecule has 1 aromatic carbocycles. The first-order chi connectivity index (χ1) is 8.02. The van der Waals surface area contributed by atoms with E-state index in [1.807, 2.05) is 6.92 Å². The van der Waals surface area contributed by atoms with Crippen molar-refractivity contribution >= 4 is 5.91 Å². The molecule has 1 rings (SSSR count). The standard InChI is InChI=1S/C12H18N2O3/c1-8(13)4-3-7-14-12(17)9-5-2-6-10(15)11(9)16/h2,5-6,8,15-16H,3-4,7,13H2,1H3,(H,14,17). The molecule has 17 heavy (non-hydrogen) atoms. The summed E-state index contributed by atoms with van der Waals surface area (Å²) in [5, 5.41) is 21.4. The number of nitrogens with two attached hydrogens (primary N) is 1. The molecule has 0 bridgehead atoms. The molecule has 0 spiro atoms. The van der Waals surface area contributed by atoms with Crippen LogP contribution < -0.4 is 11.1 Å². The third-order valence-corrected chi connectivity index (χ3v) is 2.38. The predicted molar refractivity (Wildman–Crippen MR) is 65.0 cm³/mol. The zero-order valence-corrected chi connectivity index (χ0v) is 9.81. The monoisotopic (exact) mass is 238 g/mol. The van der Waals surface area contributed by atoms with Crippen molar-refractivity contribution < 1.29 is 15.0 Å². The van der Waals surface area contributed by atoms with E-state index in [4.69, 9.17) is 5.73 Å². The van der Waals surface area contributed by atoms with Gasteiger partial charge in [0.05, 0.1) is 5.56 Å². The molecular weight excluding hydrogens is 220 g/mol. The summed E-state index contributed by atoms with van der Waals surface area (Å²) in [6.07, 6.45) is 1.61. The lowest BCUT2D eigenvalue weighted by Crippen LogP contribution is -2.26. The van der Waals surface area contributed by atoms with Gasteiger partial charge in [0.25, 0.3) is 5.91 Å². The molecule has 1 amide bonds. The van der Waals surface area contributed by atoms with E-state index < -0.39 is 11.7 Å². The Morgan fingerprint density at radius 1 is 1.47 bits per heavy atom. The van der Waals surface area contributed by atoms with E-state index in [1.54, 1.807) is 0 Å². The molecule has 1 unspecified atom stereocenters. The van der Waals surface area contributed by atoms with Gasteiger partial charge in [0.1, 0.15) is 0 Å². The van der Waals surface area contributed by atoms with Gasteiger partial charge in [-0.05, 0) is 31.9 Å². The zero-order chi connectivity index (χ0) is 12.8. The molecule has 5 heteroatoms. The predicted octanol–water partition coefficient (Wildman–Crippen LogP) is 0.955. The first-order valence-electron chi connectivity index (χ1n) is 5.57. The Hall–Kier alpha value is -1.75. The number of para-hydroxylation sites is 1.